The average Bonchev–Trinajstić information content (AvgIpc) is 3.01. The van der Waals surface area contributed by atoms with E-state index in [9.17, 15) is 10.2 Å². The van der Waals surface area contributed by atoms with Crippen molar-refractivity contribution >= 4 is 22.9 Å². The minimum absolute atomic E-state index is 0.368. The van der Waals surface area contributed by atoms with Crippen molar-refractivity contribution < 1.29 is 20.1 Å². The van der Waals surface area contributed by atoms with Gasteiger partial charge in [0.1, 0.15) is 35.2 Å². The summed E-state index contributed by atoms with van der Waals surface area (Å²) in [5, 5.41) is 29.7. The summed E-state index contributed by atoms with van der Waals surface area (Å²) in [7, 11) is 0. The van der Waals surface area contributed by atoms with E-state index in [4.69, 9.17) is 9.84 Å². The third-order valence-corrected chi connectivity index (χ3v) is 4.00. The maximum Gasteiger partial charge on any atom is 0.182 e. The molecule has 0 amide bonds. The van der Waals surface area contributed by atoms with Crippen LogP contribution < -0.4 is 0 Å². The number of hydrogen-bond donors (Lipinski definition) is 3. The molecule has 3 heterocycles. The summed E-state index contributed by atoms with van der Waals surface area (Å²) >= 11 is 1.42. The molecule has 9 heteroatoms. The minimum atomic E-state index is -1.15. The molecule has 0 spiro atoms. The minimum Gasteiger partial charge on any atom is -0.394 e. The zero-order valence-electron chi connectivity index (χ0n) is 10.6. The Bertz CT molecular complexity index is 621. The molecule has 20 heavy (non-hydrogen) atoms. The van der Waals surface area contributed by atoms with E-state index < -0.39 is 24.5 Å². The van der Waals surface area contributed by atoms with E-state index in [-0.39, 0.29) is 6.61 Å². The quantitative estimate of drug-likeness (QED) is 0.496. The number of aromatic nitrogens is 4. The lowest BCUT2D eigenvalue weighted by Gasteiger charge is -2.17. The lowest BCUT2D eigenvalue weighted by Crippen LogP contribution is -2.33. The molecule has 0 bridgehead atoms. The fourth-order valence-electron chi connectivity index (χ4n) is 2.30. The van der Waals surface area contributed by atoms with Crippen molar-refractivity contribution in [3.63, 3.8) is 0 Å². The summed E-state index contributed by atoms with van der Waals surface area (Å²) in [4.78, 5) is 12.4. The first kappa shape index (κ1) is 13.7. The molecule has 3 rings (SSSR count). The zero-order valence-corrected chi connectivity index (χ0v) is 11.4. The van der Waals surface area contributed by atoms with Crippen molar-refractivity contribution in [3.05, 3.63) is 12.7 Å². The van der Waals surface area contributed by atoms with Gasteiger partial charge in [-0.25, -0.2) is 15.0 Å². The summed E-state index contributed by atoms with van der Waals surface area (Å²) in [6, 6.07) is 0. The normalized spacial score (nSPS) is 30.2. The molecule has 0 aromatic carbocycles. The number of thioether (sulfide) groups is 1. The predicted molar refractivity (Wildman–Crippen MR) is 70.1 cm³/mol. The van der Waals surface area contributed by atoms with Crippen LogP contribution in [0.4, 0.5) is 0 Å². The summed E-state index contributed by atoms with van der Waals surface area (Å²) < 4.78 is 7.08. The van der Waals surface area contributed by atoms with Crippen molar-refractivity contribution in [1.82, 2.24) is 19.5 Å². The second-order valence-electron chi connectivity index (χ2n) is 4.44. The molecule has 2 aromatic rings. The van der Waals surface area contributed by atoms with E-state index in [2.05, 4.69) is 15.0 Å². The Hall–Kier alpha value is -1.26. The highest BCUT2D eigenvalue weighted by molar-refractivity contribution is 7.98. The molecule has 4 atom stereocenters. The second-order valence-corrected chi connectivity index (χ2v) is 5.23. The van der Waals surface area contributed by atoms with Crippen LogP contribution in [-0.4, -0.2) is 66.0 Å². The number of nitrogens with zero attached hydrogens (tertiary/aromatic N) is 4. The first-order valence-electron chi connectivity index (χ1n) is 6.01. The molecular formula is C11H14N4O4S. The smallest absolute Gasteiger partial charge is 0.182 e. The molecule has 0 aliphatic carbocycles. The van der Waals surface area contributed by atoms with Crippen LogP contribution in [0, 0.1) is 0 Å². The Balaban J connectivity index is 2.07. The zero-order chi connectivity index (χ0) is 14.3. The number of aliphatic hydroxyl groups is 3. The number of ether oxygens (including phenoxy) is 1. The van der Waals surface area contributed by atoms with Gasteiger partial charge in [0.2, 0.25) is 0 Å². The molecule has 108 valence electrons. The molecule has 1 aliphatic rings. The monoisotopic (exact) mass is 298 g/mol. The third-order valence-electron chi connectivity index (χ3n) is 3.32. The van der Waals surface area contributed by atoms with Crippen LogP contribution in [0.25, 0.3) is 11.2 Å². The molecule has 0 radical (unpaired) electrons. The first-order valence-corrected chi connectivity index (χ1v) is 7.23. The van der Waals surface area contributed by atoms with Crippen molar-refractivity contribution in [1.29, 1.82) is 0 Å². The third kappa shape index (κ3) is 1.98. The summed E-state index contributed by atoms with van der Waals surface area (Å²) in [5.41, 5.74) is 1.12. The molecule has 0 unspecified atom stereocenters. The van der Waals surface area contributed by atoms with E-state index in [1.54, 1.807) is 4.57 Å². The van der Waals surface area contributed by atoms with Gasteiger partial charge in [0.05, 0.1) is 12.9 Å². The van der Waals surface area contributed by atoms with Crippen molar-refractivity contribution in [2.24, 2.45) is 0 Å². The number of rotatable bonds is 3. The van der Waals surface area contributed by atoms with Gasteiger partial charge in [0.15, 0.2) is 11.9 Å². The van der Waals surface area contributed by atoms with Crippen LogP contribution in [0.2, 0.25) is 0 Å². The summed E-state index contributed by atoms with van der Waals surface area (Å²) in [6.07, 6.45) is 0.821. The van der Waals surface area contributed by atoms with Gasteiger partial charge in [0, 0.05) is 0 Å². The van der Waals surface area contributed by atoms with Gasteiger partial charge < -0.3 is 20.1 Å². The summed E-state index contributed by atoms with van der Waals surface area (Å²) in [5.74, 6) is 0. The van der Waals surface area contributed by atoms with E-state index in [1.165, 1.54) is 24.4 Å². The fourth-order valence-corrected chi connectivity index (χ4v) is 2.84. The molecule has 8 nitrogen and oxygen atoms in total. The van der Waals surface area contributed by atoms with Crippen LogP contribution >= 0.6 is 11.8 Å². The highest BCUT2D eigenvalue weighted by atomic mass is 32.2. The molecular weight excluding hydrogens is 284 g/mol. The van der Waals surface area contributed by atoms with Crippen molar-refractivity contribution in [2.75, 3.05) is 12.9 Å². The average molecular weight is 298 g/mol. The molecule has 1 aliphatic heterocycles. The summed E-state index contributed by atoms with van der Waals surface area (Å²) in [6.45, 7) is -0.368. The SMILES string of the molecule is CSc1ncnc2ncn([C@H]3O[C@@H](CO)[C@@H](O)[C@@H]3O)c12. The Morgan fingerprint density at radius 3 is 2.75 bits per heavy atom. The highest BCUT2D eigenvalue weighted by Gasteiger charge is 2.44. The Morgan fingerprint density at radius 2 is 2.10 bits per heavy atom. The Labute approximate surface area is 118 Å². The van der Waals surface area contributed by atoms with E-state index in [1.807, 2.05) is 6.26 Å². The van der Waals surface area contributed by atoms with Gasteiger partial charge >= 0.3 is 0 Å². The maximum atomic E-state index is 10.1. The molecule has 2 aromatic heterocycles. The Morgan fingerprint density at radius 1 is 1.30 bits per heavy atom. The molecule has 3 N–H and O–H groups in total. The van der Waals surface area contributed by atoms with Crippen LogP contribution in [0.5, 0.6) is 0 Å². The van der Waals surface area contributed by atoms with Gasteiger partial charge in [-0.15, -0.1) is 11.8 Å². The van der Waals surface area contributed by atoms with Crippen LogP contribution in [0.1, 0.15) is 6.23 Å². The van der Waals surface area contributed by atoms with Gasteiger partial charge in [-0.2, -0.15) is 0 Å². The van der Waals surface area contributed by atoms with Gasteiger partial charge in [-0.3, -0.25) is 4.57 Å². The first-order chi connectivity index (χ1) is 9.67. The number of fused-ring (bicyclic) bond motifs is 1. The second kappa shape index (κ2) is 5.26. The molecule has 1 fully saturated rings. The highest BCUT2D eigenvalue weighted by Crippen LogP contribution is 2.33. The van der Waals surface area contributed by atoms with Gasteiger partial charge in [-0.05, 0) is 6.26 Å². The van der Waals surface area contributed by atoms with Crippen LogP contribution in [-0.2, 0) is 4.74 Å². The topological polar surface area (TPSA) is 114 Å². The largest absolute Gasteiger partial charge is 0.394 e. The van der Waals surface area contributed by atoms with E-state index in [0.717, 1.165) is 0 Å². The van der Waals surface area contributed by atoms with E-state index in [0.29, 0.717) is 16.2 Å². The van der Waals surface area contributed by atoms with Crippen LogP contribution in [0.3, 0.4) is 0 Å². The maximum absolute atomic E-state index is 10.1. The van der Waals surface area contributed by atoms with Crippen LogP contribution in [0.15, 0.2) is 17.7 Å². The number of imidazole rings is 1. The lowest BCUT2D eigenvalue weighted by molar-refractivity contribution is -0.0510. The van der Waals surface area contributed by atoms with Gasteiger partial charge in [0.25, 0.3) is 0 Å². The number of hydrogen-bond acceptors (Lipinski definition) is 8. The van der Waals surface area contributed by atoms with Crippen molar-refractivity contribution in [2.45, 2.75) is 29.6 Å². The predicted octanol–water partition coefficient (Wildman–Crippen LogP) is -0.840. The standard InChI is InChI=1S/C11H14N4O4S/c1-20-10-6-9(12-3-13-10)14-4-15(6)11-8(18)7(17)5(2-16)19-11/h3-5,7-8,11,16-18H,2H2,1H3/t5-,7+,8-,11-/m0/s1. The Kier molecular flexibility index (Phi) is 3.61. The van der Waals surface area contributed by atoms with E-state index >= 15 is 0 Å². The fraction of sp³-hybridized carbons (Fsp3) is 0.545. The molecule has 0 saturated carbocycles. The van der Waals surface area contributed by atoms with Gasteiger partial charge in [-0.1, -0.05) is 0 Å². The number of aliphatic hydroxyl groups excluding tert-OH is 3. The molecule has 1 saturated heterocycles. The lowest BCUT2D eigenvalue weighted by atomic mass is 10.1. The van der Waals surface area contributed by atoms with Crippen molar-refractivity contribution in [3.8, 4) is 0 Å².